The number of aliphatic hydroxyl groups is 1. The van der Waals surface area contributed by atoms with Gasteiger partial charge in [-0.1, -0.05) is 32.9 Å². The maximum absolute atomic E-state index is 12.5. The lowest BCUT2D eigenvalue weighted by Crippen LogP contribution is -2.40. The molecule has 0 aliphatic carbocycles. The standard InChI is InChI=1S/C19H27N3O3/c1-13-6-5-7-15-17(13)20-12-22(18(15)25)9-8-16(24)21-14(11-23)10-19(2,3)4/h5-7,12,14,23H,8-11H2,1-4H3,(H,21,24). The number of rotatable bonds is 6. The van der Waals surface area contributed by atoms with Crippen molar-refractivity contribution in [1.29, 1.82) is 0 Å². The van der Waals surface area contributed by atoms with Crippen LogP contribution in [0.4, 0.5) is 0 Å². The Balaban J connectivity index is 2.04. The first-order valence-corrected chi connectivity index (χ1v) is 8.56. The minimum atomic E-state index is -0.276. The van der Waals surface area contributed by atoms with E-state index in [0.717, 1.165) is 5.56 Å². The highest BCUT2D eigenvalue weighted by Gasteiger charge is 2.19. The SMILES string of the molecule is Cc1cccc2c(=O)n(CCC(=O)NC(CO)CC(C)(C)C)cnc12. The van der Waals surface area contributed by atoms with E-state index in [-0.39, 0.29) is 42.5 Å². The smallest absolute Gasteiger partial charge is 0.261 e. The predicted octanol–water partition coefficient (Wildman–Crippen LogP) is 2.01. The molecule has 0 saturated heterocycles. The molecule has 2 rings (SSSR count). The Morgan fingerprint density at radius 3 is 2.72 bits per heavy atom. The van der Waals surface area contributed by atoms with Gasteiger partial charge in [0.1, 0.15) is 0 Å². The van der Waals surface area contributed by atoms with Crippen LogP contribution in [0.3, 0.4) is 0 Å². The average Bonchev–Trinajstić information content (AvgIpc) is 2.53. The van der Waals surface area contributed by atoms with Crippen LogP contribution in [-0.4, -0.2) is 33.2 Å². The van der Waals surface area contributed by atoms with Crippen molar-refractivity contribution >= 4 is 16.8 Å². The Bertz CT molecular complexity index is 806. The van der Waals surface area contributed by atoms with E-state index < -0.39 is 0 Å². The highest BCUT2D eigenvalue weighted by Crippen LogP contribution is 2.20. The summed E-state index contributed by atoms with van der Waals surface area (Å²) in [4.78, 5) is 29.0. The van der Waals surface area contributed by atoms with Gasteiger partial charge in [-0.3, -0.25) is 14.2 Å². The molecule has 1 aromatic carbocycles. The molecule has 1 heterocycles. The minimum Gasteiger partial charge on any atom is -0.394 e. The molecule has 1 atom stereocenters. The number of aryl methyl sites for hydroxylation is 2. The molecule has 136 valence electrons. The fourth-order valence-corrected chi connectivity index (χ4v) is 2.92. The van der Waals surface area contributed by atoms with E-state index in [1.165, 1.54) is 10.9 Å². The van der Waals surface area contributed by atoms with Gasteiger partial charge in [0.25, 0.3) is 5.56 Å². The molecule has 0 radical (unpaired) electrons. The van der Waals surface area contributed by atoms with Gasteiger partial charge in [0.15, 0.2) is 0 Å². The summed E-state index contributed by atoms with van der Waals surface area (Å²) in [5.41, 5.74) is 1.51. The van der Waals surface area contributed by atoms with Gasteiger partial charge >= 0.3 is 0 Å². The number of para-hydroxylation sites is 1. The van der Waals surface area contributed by atoms with Gasteiger partial charge in [-0.25, -0.2) is 4.98 Å². The quantitative estimate of drug-likeness (QED) is 0.839. The summed E-state index contributed by atoms with van der Waals surface area (Å²) in [6.45, 7) is 8.25. The van der Waals surface area contributed by atoms with Gasteiger partial charge < -0.3 is 10.4 Å². The highest BCUT2D eigenvalue weighted by molar-refractivity contribution is 5.80. The third-order valence-electron chi connectivity index (χ3n) is 4.08. The number of aliphatic hydroxyl groups excluding tert-OH is 1. The first kappa shape index (κ1) is 19.1. The van der Waals surface area contributed by atoms with Crippen molar-refractivity contribution in [3.05, 3.63) is 40.4 Å². The number of hydrogen-bond acceptors (Lipinski definition) is 4. The molecule has 25 heavy (non-hydrogen) atoms. The average molecular weight is 345 g/mol. The molecule has 0 aliphatic heterocycles. The Morgan fingerprint density at radius 1 is 1.36 bits per heavy atom. The molecular weight excluding hydrogens is 318 g/mol. The van der Waals surface area contributed by atoms with Crippen molar-refractivity contribution in [2.24, 2.45) is 5.41 Å². The van der Waals surface area contributed by atoms with E-state index in [1.54, 1.807) is 6.07 Å². The van der Waals surface area contributed by atoms with Crippen LogP contribution in [0.15, 0.2) is 29.3 Å². The lowest BCUT2D eigenvalue weighted by molar-refractivity contribution is -0.122. The second-order valence-corrected chi connectivity index (χ2v) is 7.68. The van der Waals surface area contributed by atoms with E-state index in [9.17, 15) is 14.7 Å². The van der Waals surface area contributed by atoms with Gasteiger partial charge in [-0.15, -0.1) is 0 Å². The van der Waals surface area contributed by atoms with Crippen molar-refractivity contribution in [2.75, 3.05) is 6.61 Å². The Morgan fingerprint density at radius 2 is 2.08 bits per heavy atom. The van der Waals surface area contributed by atoms with Gasteiger partial charge in [-0.2, -0.15) is 0 Å². The normalized spacial score (nSPS) is 13.0. The number of carbonyl (C=O) groups excluding carboxylic acids is 1. The molecule has 2 N–H and O–H groups in total. The number of nitrogens with one attached hydrogen (secondary N) is 1. The summed E-state index contributed by atoms with van der Waals surface area (Å²) < 4.78 is 1.46. The second kappa shape index (κ2) is 7.78. The fourth-order valence-electron chi connectivity index (χ4n) is 2.92. The zero-order chi connectivity index (χ0) is 18.6. The van der Waals surface area contributed by atoms with Crippen LogP contribution in [0.25, 0.3) is 10.9 Å². The molecular formula is C19H27N3O3. The van der Waals surface area contributed by atoms with Gasteiger partial charge in [0.2, 0.25) is 5.91 Å². The van der Waals surface area contributed by atoms with Crippen LogP contribution in [0.5, 0.6) is 0 Å². The predicted molar refractivity (Wildman–Crippen MR) is 98.4 cm³/mol. The summed E-state index contributed by atoms with van der Waals surface area (Å²) >= 11 is 0. The summed E-state index contributed by atoms with van der Waals surface area (Å²) in [6.07, 6.45) is 2.34. The largest absolute Gasteiger partial charge is 0.394 e. The van der Waals surface area contributed by atoms with Crippen molar-refractivity contribution in [1.82, 2.24) is 14.9 Å². The molecule has 1 aromatic heterocycles. The molecule has 1 unspecified atom stereocenters. The number of hydrogen-bond donors (Lipinski definition) is 2. The molecule has 0 saturated carbocycles. The number of nitrogens with zero attached hydrogens (tertiary/aromatic N) is 2. The van der Waals surface area contributed by atoms with E-state index in [2.05, 4.69) is 31.1 Å². The van der Waals surface area contributed by atoms with E-state index in [0.29, 0.717) is 17.3 Å². The van der Waals surface area contributed by atoms with E-state index in [4.69, 9.17) is 0 Å². The van der Waals surface area contributed by atoms with E-state index >= 15 is 0 Å². The van der Waals surface area contributed by atoms with E-state index in [1.807, 2.05) is 19.1 Å². The lowest BCUT2D eigenvalue weighted by atomic mass is 9.88. The summed E-state index contributed by atoms with van der Waals surface area (Å²) in [7, 11) is 0. The third kappa shape index (κ3) is 5.13. The van der Waals surface area contributed by atoms with Crippen LogP contribution < -0.4 is 10.9 Å². The third-order valence-corrected chi connectivity index (χ3v) is 4.08. The van der Waals surface area contributed by atoms with Gasteiger partial charge in [0, 0.05) is 13.0 Å². The number of fused-ring (bicyclic) bond motifs is 1. The van der Waals surface area contributed by atoms with Crippen molar-refractivity contribution in [3.8, 4) is 0 Å². The Hall–Kier alpha value is -2.21. The number of amides is 1. The van der Waals surface area contributed by atoms with Gasteiger partial charge in [0.05, 0.1) is 29.9 Å². The first-order chi connectivity index (χ1) is 11.7. The first-order valence-electron chi connectivity index (χ1n) is 8.56. The van der Waals surface area contributed by atoms with Gasteiger partial charge in [-0.05, 0) is 30.4 Å². The highest BCUT2D eigenvalue weighted by atomic mass is 16.3. The number of aromatic nitrogens is 2. The molecule has 1 amide bonds. The Kier molecular flexibility index (Phi) is 5.95. The lowest BCUT2D eigenvalue weighted by Gasteiger charge is -2.25. The zero-order valence-corrected chi connectivity index (χ0v) is 15.4. The Labute approximate surface area is 147 Å². The van der Waals surface area contributed by atoms with Crippen LogP contribution >= 0.6 is 0 Å². The number of carbonyl (C=O) groups is 1. The van der Waals surface area contributed by atoms with Crippen LogP contribution in [0.1, 0.15) is 39.2 Å². The minimum absolute atomic E-state index is 0.0116. The monoisotopic (exact) mass is 345 g/mol. The van der Waals surface area contributed by atoms with Crippen LogP contribution in [0.2, 0.25) is 0 Å². The maximum Gasteiger partial charge on any atom is 0.261 e. The zero-order valence-electron chi connectivity index (χ0n) is 15.4. The molecule has 6 nitrogen and oxygen atoms in total. The van der Waals surface area contributed by atoms with Crippen molar-refractivity contribution in [2.45, 2.75) is 53.1 Å². The summed E-state index contributed by atoms with van der Waals surface area (Å²) in [5, 5.41) is 12.8. The van der Waals surface area contributed by atoms with Crippen LogP contribution in [0, 0.1) is 12.3 Å². The molecule has 0 fully saturated rings. The maximum atomic E-state index is 12.5. The molecule has 0 aliphatic rings. The van der Waals surface area contributed by atoms with Crippen molar-refractivity contribution in [3.63, 3.8) is 0 Å². The topological polar surface area (TPSA) is 84.2 Å². The number of benzene rings is 1. The molecule has 0 bridgehead atoms. The summed E-state index contributed by atoms with van der Waals surface area (Å²) in [6, 6.07) is 5.22. The van der Waals surface area contributed by atoms with Crippen molar-refractivity contribution < 1.29 is 9.90 Å². The molecule has 0 spiro atoms. The van der Waals surface area contributed by atoms with Crippen LogP contribution in [-0.2, 0) is 11.3 Å². The second-order valence-electron chi connectivity index (χ2n) is 7.68. The fraction of sp³-hybridized carbons (Fsp3) is 0.526. The molecule has 6 heteroatoms. The summed E-state index contributed by atoms with van der Waals surface area (Å²) in [5.74, 6) is -0.181. The molecule has 2 aromatic rings.